The Morgan fingerprint density at radius 3 is 2.18 bits per heavy atom. The molecule has 0 fully saturated rings. The maximum Gasteiger partial charge on any atom is 0.236 e. The molecule has 0 aliphatic carbocycles. The molecule has 0 amide bonds. The van der Waals surface area contributed by atoms with E-state index in [-0.39, 0.29) is 12.4 Å². The number of anilines is 1. The van der Waals surface area contributed by atoms with E-state index in [0.717, 1.165) is 16.9 Å². The van der Waals surface area contributed by atoms with Crippen LogP contribution >= 0.6 is 0 Å². The van der Waals surface area contributed by atoms with Crippen LogP contribution in [0.1, 0.15) is 11.1 Å². The van der Waals surface area contributed by atoms with Gasteiger partial charge in [0.25, 0.3) is 0 Å². The van der Waals surface area contributed by atoms with Gasteiger partial charge in [-0.25, -0.2) is 8.42 Å². The zero-order valence-corrected chi connectivity index (χ0v) is 16.5. The van der Waals surface area contributed by atoms with E-state index in [9.17, 15) is 8.42 Å². The molecule has 146 valence electrons. The van der Waals surface area contributed by atoms with Gasteiger partial charge in [0.1, 0.15) is 23.9 Å². The molecule has 28 heavy (non-hydrogen) atoms. The number of nitrogens with one attached hydrogen (secondary N) is 1. The summed E-state index contributed by atoms with van der Waals surface area (Å²) in [6, 6.07) is 24.4. The molecular formula is C22H23NO4S. The number of hydrogen-bond acceptors (Lipinski definition) is 4. The minimum atomic E-state index is -3.53. The molecule has 0 bridgehead atoms. The summed E-state index contributed by atoms with van der Waals surface area (Å²) in [5, 5.41) is 0. The van der Waals surface area contributed by atoms with E-state index in [1.165, 1.54) is 0 Å². The molecule has 0 aliphatic rings. The smallest absolute Gasteiger partial charge is 0.236 e. The van der Waals surface area contributed by atoms with Crippen LogP contribution in [0.4, 0.5) is 5.69 Å². The summed E-state index contributed by atoms with van der Waals surface area (Å²) in [4.78, 5) is 0. The number of sulfonamides is 1. The van der Waals surface area contributed by atoms with Gasteiger partial charge in [-0.05, 0) is 47.9 Å². The average molecular weight is 397 g/mol. The molecule has 1 N–H and O–H groups in total. The zero-order valence-electron chi connectivity index (χ0n) is 15.7. The van der Waals surface area contributed by atoms with Crippen LogP contribution in [0, 0.1) is 0 Å². The van der Waals surface area contributed by atoms with E-state index < -0.39 is 10.0 Å². The van der Waals surface area contributed by atoms with Crippen molar-refractivity contribution in [2.45, 2.75) is 6.42 Å². The number of ether oxygens (including phenoxy) is 2. The average Bonchev–Trinajstić information content (AvgIpc) is 2.70. The minimum absolute atomic E-state index is 0.0580. The highest BCUT2D eigenvalue weighted by Crippen LogP contribution is 2.21. The molecule has 0 saturated heterocycles. The lowest BCUT2D eigenvalue weighted by molar-refractivity contribution is 0.340. The van der Waals surface area contributed by atoms with Gasteiger partial charge in [0.15, 0.2) is 0 Å². The molecule has 0 spiro atoms. The summed E-state index contributed by atoms with van der Waals surface area (Å²) in [6.45, 7) is 0.0580. The van der Waals surface area contributed by atoms with Crippen molar-refractivity contribution in [3.63, 3.8) is 0 Å². The molecule has 0 radical (unpaired) electrons. The highest BCUT2D eigenvalue weighted by molar-refractivity contribution is 7.92. The number of benzene rings is 3. The summed E-state index contributed by atoms with van der Waals surface area (Å²) >= 11 is 0. The molecule has 3 rings (SSSR count). The van der Waals surface area contributed by atoms with E-state index in [1.807, 2.05) is 48.5 Å². The third-order valence-electron chi connectivity index (χ3n) is 4.20. The van der Waals surface area contributed by atoms with E-state index in [0.29, 0.717) is 17.9 Å². The molecule has 0 aromatic heterocycles. The number of hydrogen-bond donors (Lipinski definition) is 1. The molecule has 0 saturated carbocycles. The molecule has 0 atom stereocenters. The van der Waals surface area contributed by atoms with Gasteiger partial charge in [-0.15, -0.1) is 0 Å². The third kappa shape index (κ3) is 5.76. The van der Waals surface area contributed by atoms with Crippen LogP contribution in [0.5, 0.6) is 11.5 Å². The highest BCUT2D eigenvalue weighted by Gasteiger charge is 2.13. The Balaban J connectivity index is 1.60. The van der Waals surface area contributed by atoms with Crippen molar-refractivity contribution in [1.29, 1.82) is 0 Å². The quantitative estimate of drug-likeness (QED) is 0.590. The maximum atomic E-state index is 12.5. The lowest BCUT2D eigenvalue weighted by Crippen LogP contribution is -2.22. The summed E-state index contributed by atoms with van der Waals surface area (Å²) in [7, 11) is -1.95. The second-order valence-corrected chi connectivity index (χ2v) is 8.11. The first kappa shape index (κ1) is 19.8. The van der Waals surface area contributed by atoms with Crippen molar-refractivity contribution in [2.24, 2.45) is 0 Å². The third-order valence-corrected chi connectivity index (χ3v) is 5.44. The van der Waals surface area contributed by atoms with Crippen LogP contribution in [0.3, 0.4) is 0 Å². The van der Waals surface area contributed by atoms with E-state index >= 15 is 0 Å². The molecule has 3 aromatic rings. The van der Waals surface area contributed by atoms with Crippen LogP contribution in [0.15, 0.2) is 78.9 Å². The van der Waals surface area contributed by atoms with Crippen molar-refractivity contribution in [3.05, 3.63) is 90.0 Å². The lowest BCUT2D eigenvalue weighted by atomic mass is 10.0. The number of rotatable bonds is 9. The van der Waals surface area contributed by atoms with Crippen LogP contribution in [0.2, 0.25) is 0 Å². The van der Waals surface area contributed by atoms with Crippen LogP contribution in [0.25, 0.3) is 0 Å². The first-order valence-electron chi connectivity index (χ1n) is 8.95. The van der Waals surface area contributed by atoms with E-state index in [2.05, 4.69) is 4.72 Å². The molecule has 6 heteroatoms. The lowest BCUT2D eigenvalue weighted by Gasteiger charge is -2.13. The standard InChI is InChI=1S/C22H23NO4S/c1-26-20-11-13-21(14-12-20)27-15-16-28(24,25)23-22-10-6-5-9-19(22)17-18-7-3-2-4-8-18/h2-14,23H,15-17H2,1H3. The summed E-state index contributed by atoms with van der Waals surface area (Å²) < 4.78 is 38.3. The molecule has 0 aliphatic heterocycles. The van der Waals surface area contributed by atoms with Crippen molar-refractivity contribution in [1.82, 2.24) is 0 Å². The molecule has 3 aromatic carbocycles. The fourth-order valence-electron chi connectivity index (χ4n) is 2.75. The van der Waals surface area contributed by atoms with Gasteiger partial charge >= 0.3 is 0 Å². The first-order valence-corrected chi connectivity index (χ1v) is 10.6. The molecule has 5 nitrogen and oxygen atoms in total. The fourth-order valence-corrected chi connectivity index (χ4v) is 3.69. The number of methoxy groups -OCH3 is 1. The molecule has 0 heterocycles. The number of para-hydroxylation sites is 1. The van der Waals surface area contributed by atoms with Crippen molar-refractivity contribution in [2.75, 3.05) is 24.2 Å². The predicted molar refractivity (Wildman–Crippen MR) is 112 cm³/mol. The fraction of sp³-hybridized carbons (Fsp3) is 0.182. The maximum absolute atomic E-state index is 12.5. The Kier molecular flexibility index (Phi) is 6.55. The van der Waals surface area contributed by atoms with Crippen molar-refractivity contribution < 1.29 is 17.9 Å². The Hall–Kier alpha value is -2.99. The van der Waals surface area contributed by atoms with Crippen LogP contribution < -0.4 is 14.2 Å². The molecule has 0 unspecified atom stereocenters. The van der Waals surface area contributed by atoms with Crippen LogP contribution in [-0.4, -0.2) is 27.9 Å². The van der Waals surface area contributed by atoms with Gasteiger partial charge in [-0.1, -0.05) is 48.5 Å². The van der Waals surface area contributed by atoms with Gasteiger partial charge in [0, 0.05) is 0 Å². The van der Waals surface area contributed by atoms with Crippen molar-refractivity contribution >= 4 is 15.7 Å². The monoisotopic (exact) mass is 397 g/mol. The summed E-state index contributed by atoms with van der Waals surface area (Å²) in [5.74, 6) is 1.18. The Bertz CT molecular complexity index is 987. The molecular weight excluding hydrogens is 374 g/mol. The normalized spacial score (nSPS) is 11.0. The van der Waals surface area contributed by atoms with Gasteiger partial charge in [0.2, 0.25) is 10.0 Å². The Morgan fingerprint density at radius 2 is 1.46 bits per heavy atom. The van der Waals surface area contributed by atoms with E-state index in [1.54, 1.807) is 37.4 Å². The predicted octanol–water partition coefficient (Wildman–Crippen LogP) is 4.11. The van der Waals surface area contributed by atoms with Gasteiger partial charge in [-0.3, -0.25) is 4.72 Å². The largest absolute Gasteiger partial charge is 0.497 e. The second kappa shape index (κ2) is 9.28. The second-order valence-electron chi connectivity index (χ2n) is 6.26. The van der Waals surface area contributed by atoms with Gasteiger partial charge in [-0.2, -0.15) is 0 Å². The van der Waals surface area contributed by atoms with Crippen molar-refractivity contribution in [3.8, 4) is 11.5 Å². The van der Waals surface area contributed by atoms with E-state index in [4.69, 9.17) is 9.47 Å². The summed E-state index contributed by atoms with van der Waals surface area (Å²) in [5.41, 5.74) is 2.64. The topological polar surface area (TPSA) is 64.6 Å². The summed E-state index contributed by atoms with van der Waals surface area (Å²) in [6.07, 6.45) is 0.655. The Morgan fingerprint density at radius 1 is 0.821 bits per heavy atom. The first-order chi connectivity index (χ1) is 13.6. The van der Waals surface area contributed by atoms with Gasteiger partial charge < -0.3 is 9.47 Å². The zero-order chi connectivity index (χ0) is 19.8. The Labute approximate surface area is 166 Å². The van der Waals surface area contributed by atoms with Gasteiger partial charge in [0.05, 0.1) is 12.8 Å². The SMILES string of the molecule is COc1ccc(OCCS(=O)(=O)Nc2ccccc2Cc2ccccc2)cc1. The van der Waals surface area contributed by atoms with Crippen LogP contribution in [-0.2, 0) is 16.4 Å². The minimum Gasteiger partial charge on any atom is -0.497 e. The highest BCUT2D eigenvalue weighted by atomic mass is 32.2.